The van der Waals surface area contributed by atoms with Crippen LogP contribution in [0.15, 0.2) is 42.5 Å². The molecule has 2 unspecified atom stereocenters. The van der Waals surface area contributed by atoms with Crippen LogP contribution >= 0.6 is 11.8 Å². The van der Waals surface area contributed by atoms with Gasteiger partial charge >= 0.3 is 5.97 Å². The third-order valence-electron chi connectivity index (χ3n) is 4.28. The Kier molecular flexibility index (Phi) is 5.08. The Bertz CT molecular complexity index is 824. The normalized spacial score (nSPS) is 17.4. The number of rotatable bonds is 4. The number of hydrogen-bond donors (Lipinski definition) is 2. The second-order valence-corrected chi connectivity index (χ2v) is 7.20. The van der Waals surface area contributed by atoms with Crippen molar-refractivity contribution in [3.05, 3.63) is 70.5 Å². The highest BCUT2D eigenvalue weighted by molar-refractivity contribution is 8.00. The topological polar surface area (TPSA) is 66.4 Å². The van der Waals surface area contributed by atoms with Crippen LogP contribution in [0.25, 0.3) is 0 Å². The van der Waals surface area contributed by atoms with Gasteiger partial charge in [0.05, 0.1) is 0 Å². The summed E-state index contributed by atoms with van der Waals surface area (Å²) in [6, 6.07) is 10.6. The van der Waals surface area contributed by atoms with Gasteiger partial charge in [-0.3, -0.25) is 4.79 Å². The van der Waals surface area contributed by atoms with Crippen LogP contribution < -0.4 is 5.32 Å². The molecule has 1 heterocycles. The predicted molar refractivity (Wildman–Crippen MR) is 95.0 cm³/mol. The monoisotopic (exact) mass is 359 g/mol. The van der Waals surface area contributed by atoms with Gasteiger partial charge in [0, 0.05) is 0 Å². The molecule has 0 aliphatic carbocycles. The van der Waals surface area contributed by atoms with E-state index in [1.54, 1.807) is 6.92 Å². The molecule has 2 N–H and O–H groups in total. The lowest BCUT2D eigenvalue weighted by Crippen LogP contribution is -2.37. The zero-order valence-corrected chi connectivity index (χ0v) is 14.5. The summed E-state index contributed by atoms with van der Waals surface area (Å²) in [4.78, 5) is 24.4. The molecular weight excluding hydrogens is 341 g/mol. The maximum atomic E-state index is 13.4. The van der Waals surface area contributed by atoms with Gasteiger partial charge in [-0.2, -0.15) is 0 Å². The Labute approximate surface area is 149 Å². The average molecular weight is 359 g/mol. The van der Waals surface area contributed by atoms with Crippen LogP contribution in [-0.2, 0) is 16.0 Å². The molecule has 0 saturated carbocycles. The second-order valence-electron chi connectivity index (χ2n) is 5.99. The Morgan fingerprint density at radius 3 is 2.76 bits per heavy atom. The third kappa shape index (κ3) is 3.69. The molecule has 1 aliphatic heterocycles. The maximum absolute atomic E-state index is 13.4. The van der Waals surface area contributed by atoms with E-state index in [2.05, 4.69) is 5.32 Å². The van der Waals surface area contributed by atoms with Crippen molar-refractivity contribution in [3.8, 4) is 0 Å². The van der Waals surface area contributed by atoms with E-state index in [-0.39, 0.29) is 5.91 Å². The van der Waals surface area contributed by atoms with Gasteiger partial charge < -0.3 is 10.4 Å². The number of benzene rings is 2. The fraction of sp³-hybridized carbons (Fsp3) is 0.263. The van der Waals surface area contributed by atoms with Gasteiger partial charge in [-0.05, 0) is 47.4 Å². The van der Waals surface area contributed by atoms with Gasteiger partial charge in [-0.1, -0.05) is 36.4 Å². The first kappa shape index (κ1) is 17.5. The highest BCUT2D eigenvalue weighted by Crippen LogP contribution is 2.37. The van der Waals surface area contributed by atoms with Crippen molar-refractivity contribution < 1.29 is 19.1 Å². The number of aryl methyl sites for hydroxylation is 2. The molecule has 4 nitrogen and oxygen atoms in total. The first-order chi connectivity index (χ1) is 12.0. The van der Waals surface area contributed by atoms with Gasteiger partial charge in [0.15, 0.2) is 6.04 Å². The SMILES string of the molecule is Cc1cc(C(NC(=O)C2SCCc3ccccc32)C(=O)O)ccc1F. The Morgan fingerprint density at radius 2 is 2.04 bits per heavy atom. The van der Waals surface area contributed by atoms with E-state index in [4.69, 9.17) is 0 Å². The summed E-state index contributed by atoms with van der Waals surface area (Å²) in [6.07, 6.45) is 0.893. The van der Waals surface area contributed by atoms with Crippen molar-refractivity contribution in [3.63, 3.8) is 0 Å². The fourth-order valence-electron chi connectivity index (χ4n) is 2.96. The number of thioether (sulfide) groups is 1. The molecule has 25 heavy (non-hydrogen) atoms. The molecule has 0 radical (unpaired) electrons. The number of aliphatic carboxylic acids is 1. The maximum Gasteiger partial charge on any atom is 0.330 e. The minimum absolute atomic E-state index is 0.341. The first-order valence-electron chi connectivity index (χ1n) is 7.96. The fourth-order valence-corrected chi connectivity index (χ4v) is 4.17. The number of nitrogens with one attached hydrogen (secondary N) is 1. The summed E-state index contributed by atoms with van der Waals surface area (Å²) in [5.41, 5.74) is 2.74. The average Bonchev–Trinajstić information content (AvgIpc) is 2.61. The molecule has 6 heteroatoms. The third-order valence-corrected chi connectivity index (χ3v) is 5.52. The van der Waals surface area contributed by atoms with E-state index in [1.807, 2.05) is 24.3 Å². The zero-order chi connectivity index (χ0) is 18.0. The highest BCUT2D eigenvalue weighted by atomic mass is 32.2. The summed E-state index contributed by atoms with van der Waals surface area (Å²) in [5.74, 6) is -1.11. The number of carboxylic acid groups (broad SMARTS) is 1. The van der Waals surface area contributed by atoms with Crippen molar-refractivity contribution in [2.24, 2.45) is 0 Å². The summed E-state index contributed by atoms with van der Waals surface area (Å²) in [6.45, 7) is 1.56. The summed E-state index contributed by atoms with van der Waals surface area (Å²) in [7, 11) is 0. The zero-order valence-electron chi connectivity index (χ0n) is 13.7. The van der Waals surface area contributed by atoms with Crippen molar-refractivity contribution in [1.82, 2.24) is 5.32 Å². The molecule has 1 amide bonds. The van der Waals surface area contributed by atoms with Crippen molar-refractivity contribution in [1.29, 1.82) is 0 Å². The predicted octanol–water partition coefficient (Wildman–Crippen LogP) is 3.41. The van der Waals surface area contributed by atoms with Crippen molar-refractivity contribution >= 4 is 23.6 Å². The Morgan fingerprint density at radius 1 is 1.28 bits per heavy atom. The van der Waals surface area contributed by atoms with E-state index in [1.165, 1.54) is 30.0 Å². The summed E-state index contributed by atoms with van der Waals surface area (Å²) in [5, 5.41) is 11.7. The first-order valence-corrected chi connectivity index (χ1v) is 9.01. The van der Waals surface area contributed by atoms with E-state index in [0.29, 0.717) is 11.1 Å². The molecule has 0 bridgehead atoms. The second kappa shape index (κ2) is 7.27. The van der Waals surface area contributed by atoms with Gasteiger partial charge in [0.25, 0.3) is 0 Å². The minimum atomic E-state index is -1.21. The summed E-state index contributed by atoms with van der Waals surface area (Å²) >= 11 is 1.50. The van der Waals surface area contributed by atoms with Crippen LogP contribution in [0.5, 0.6) is 0 Å². The van der Waals surface area contributed by atoms with Crippen LogP contribution in [0.1, 0.15) is 33.5 Å². The number of hydrogen-bond acceptors (Lipinski definition) is 3. The van der Waals surface area contributed by atoms with Gasteiger partial charge in [0.1, 0.15) is 11.1 Å². The lowest BCUT2D eigenvalue weighted by Gasteiger charge is -2.26. The molecule has 0 saturated heterocycles. The quantitative estimate of drug-likeness (QED) is 0.878. The molecule has 2 aromatic rings. The van der Waals surface area contributed by atoms with Crippen LogP contribution in [-0.4, -0.2) is 22.7 Å². The van der Waals surface area contributed by atoms with Gasteiger partial charge in [-0.15, -0.1) is 11.8 Å². The molecule has 0 fully saturated rings. The van der Waals surface area contributed by atoms with Crippen LogP contribution in [0.4, 0.5) is 4.39 Å². The van der Waals surface area contributed by atoms with Crippen LogP contribution in [0.2, 0.25) is 0 Å². The lowest BCUT2D eigenvalue weighted by atomic mass is 10.00. The van der Waals surface area contributed by atoms with Gasteiger partial charge in [-0.25, -0.2) is 9.18 Å². The van der Waals surface area contributed by atoms with Crippen molar-refractivity contribution in [2.75, 3.05) is 5.75 Å². The largest absolute Gasteiger partial charge is 0.479 e. The highest BCUT2D eigenvalue weighted by Gasteiger charge is 2.31. The van der Waals surface area contributed by atoms with Crippen molar-refractivity contribution in [2.45, 2.75) is 24.6 Å². The molecular formula is C19H18FNO3S. The molecule has 1 aliphatic rings. The number of carbonyl (C=O) groups is 2. The lowest BCUT2D eigenvalue weighted by molar-refractivity contribution is -0.142. The minimum Gasteiger partial charge on any atom is -0.479 e. The molecule has 2 atom stereocenters. The smallest absolute Gasteiger partial charge is 0.330 e. The van der Waals surface area contributed by atoms with Crippen LogP contribution in [0.3, 0.4) is 0 Å². The van der Waals surface area contributed by atoms with E-state index in [9.17, 15) is 19.1 Å². The molecule has 130 valence electrons. The number of carbonyl (C=O) groups excluding carboxylic acids is 1. The summed E-state index contributed by atoms with van der Waals surface area (Å²) < 4.78 is 13.4. The Balaban J connectivity index is 1.85. The van der Waals surface area contributed by atoms with E-state index < -0.39 is 23.1 Å². The standard InChI is InChI=1S/C19H18FNO3S/c1-11-10-13(6-7-15(11)20)16(19(23)24)21-18(22)17-14-5-3-2-4-12(14)8-9-25-17/h2-7,10,16-17H,8-9H2,1H3,(H,21,22)(H,23,24). The molecule has 0 aromatic heterocycles. The van der Waals surface area contributed by atoms with E-state index >= 15 is 0 Å². The molecule has 3 rings (SSSR count). The van der Waals surface area contributed by atoms with Gasteiger partial charge in [0.2, 0.25) is 5.91 Å². The molecule has 0 spiro atoms. The van der Waals surface area contributed by atoms with Crippen LogP contribution in [0, 0.1) is 12.7 Å². The number of fused-ring (bicyclic) bond motifs is 1. The number of halogens is 1. The Hall–Kier alpha value is -2.34. The number of carboxylic acids is 1. The molecule has 2 aromatic carbocycles. The van der Waals surface area contributed by atoms with E-state index in [0.717, 1.165) is 23.3 Å². The number of amides is 1.